The number of halogens is 1. The first kappa shape index (κ1) is 16.0. The summed E-state index contributed by atoms with van der Waals surface area (Å²) in [5.41, 5.74) is 0.231. The van der Waals surface area contributed by atoms with Gasteiger partial charge in [0.15, 0.2) is 0 Å². The quantitative estimate of drug-likeness (QED) is 0.709. The molecule has 0 unspecified atom stereocenters. The molecule has 2 rings (SSSR count). The molecule has 0 atom stereocenters. The minimum Gasteiger partial charge on any atom is -0.383 e. The van der Waals surface area contributed by atoms with Gasteiger partial charge in [-0.2, -0.15) is 0 Å². The van der Waals surface area contributed by atoms with Crippen molar-refractivity contribution in [3.63, 3.8) is 0 Å². The van der Waals surface area contributed by atoms with Gasteiger partial charge in [0.1, 0.15) is 11.6 Å². The molecule has 1 aromatic heterocycles. The van der Waals surface area contributed by atoms with Crippen LogP contribution in [0.5, 0.6) is 0 Å². The van der Waals surface area contributed by atoms with Gasteiger partial charge in [-0.15, -0.1) is 10.2 Å². The molecule has 4 nitrogen and oxygen atoms in total. The summed E-state index contributed by atoms with van der Waals surface area (Å²) in [6.45, 7) is 6.17. The van der Waals surface area contributed by atoms with Crippen LogP contribution in [0.25, 0.3) is 0 Å². The van der Waals surface area contributed by atoms with Gasteiger partial charge in [-0.25, -0.2) is 0 Å². The lowest BCUT2D eigenvalue weighted by atomic mass is 9.77. The highest BCUT2D eigenvalue weighted by atomic mass is 79.9. The van der Waals surface area contributed by atoms with Gasteiger partial charge in [-0.1, -0.05) is 42.6 Å². The zero-order valence-electron chi connectivity index (χ0n) is 12.9. The van der Waals surface area contributed by atoms with Crippen LogP contribution in [-0.4, -0.2) is 28.5 Å². The molecule has 0 amide bonds. The number of methoxy groups -OCH3 is 1. The third-order valence-corrected chi connectivity index (χ3v) is 4.80. The van der Waals surface area contributed by atoms with E-state index in [1.165, 1.54) is 37.9 Å². The second kappa shape index (κ2) is 7.03. The summed E-state index contributed by atoms with van der Waals surface area (Å²) in [6, 6.07) is 0. The van der Waals surface area contributed by atoms with E-state index in [9.17, 15) is 0 Å². The van der Waals surface area contributed by atoms with Crippen molar-refractivity contribution in [3.05, 3.63) is 11.6 Å². The predicted molar refractivity (Wildman–Crippen MR) is 84.1 cm³/mol. The molecule has 0 bridgehead atoms. The maximum atomic E-state index is 5.25. The molecule has 0 saturated heterocycles. The normalized spacial score (nSPS) is 18.1. The van der Waals surface area contributed by atoms with Crippen LogP contribution in [0, 0.1) is 5.92 Å². The second-order valence-electron chi connectivity index (χ2n) is 6.30. The van der Waals surface area contributed by atoms with Crippen LogP contribution in [0.3, 0.4) is 0 Å². The zero-order valence-corrected chi connectivity index (χ0v) is 14.4. The summed E-state index contributed by atoms with van der Waals surface area (Å²) in [6.07, 6.45) is 6.33. The van der Waals surface area contributed by atoms with Gasteiger partial charge in [0.25, 0.3) is 0 Å². The molecule has 1 fully saturated rings. The summed E-state index contributed by atoms with van der Waals surface area (Å²) >= 11 is 3.53. The minimum atomic E-state index is 0.231. The number of nitrogens with zero attached hydrogens (tertiary/aromatic N) is 3. The van der Waals surface area contributed by atoms with E-state index in [0.717, 1.165) is 17.7 Å². The molecule has 0 N–H and O–H groups in total. The fraction of sp³-hybridized carbons (Fsp3) is 0.867. The van der Waals surface area contributed by atoms with Crippen LogP contribution in [0.2, 0.25) is 0 Å². The Morgan fingerprint density at radius 3 is 2.55 bits per heavy atom. The highest BCUT2D eigenvalue weighted by Crippen LogP contribution is 2.45. The van der Waals surface area contributed by atoms with E-state index in [0.29, 0.717) is 12.5 Å². The Hall–Kier alpha value is -0.420. The fourth-order valence-electron chi connectivity index (χ4n) is 3.60. The number of rotatable bonds is 7. The Morgan fingerprint density at radius 2 is 2.00 bits per heavy atom. The SMILES string of the molecule is COCCn1c(CBr)nnc1C1(CC(C)C)CCCC1. The van der Waals surface area contributed by atoms with Crippen molar-refractivity contribution >= 4 is 15.9 Å². The molecule has 1 aliphatic carbocycles. The standard InChI is InChI=1S/C15H26BrN3O/c1-12(2)10-15(6-4-5-7-15)14-18-17-13(11-16)19(14)8-9-20-3/h12H,4-11H2,1-3H3. The third-order valence-electron chi connectivity index (χ3n) is 4.30. The molecule has 0 aromatic carbocycles. The maximum absolute atomic E-state index is 5.25. The number of alkyl halides is 1. The highest BCUT2D eigenvalue weighted by Gasteiger charge is 2.40. The number of hydrogen-bond acceptors (Lipinski definition) is 3. The first-order chi connectivity index (χ1) is 9.63. The molecular formula is C15H26BrN3O. The van der Waals surface area contributed by atoms with Gasteiger partial charge in [0.05, 0.1) is 11.9 Å². The average Bonchev–Trinajstić information content (AvgIpc) is 3.02. The van der Waals surface area contributed by atoms with Gasteiger partial charge in [-0.05, 0) is 25.2 Å². The Bertz CT molecular complexity index is 425. The summed E-state index contributed by atoms with van der Waals surface area (Å²) in [7, 11) is 1.75. The molecule has 1 aliphatic rings. The Balaban J connectivity index is 2.35. The van der Waals surface area contributed by atoms with Crippen molar-refractivity contribution in [1.82, 2.24) is 14.8 Å². The highest BCUT2D eigenvalue weighted by molar-refractivity contribution is 9.08. The lowest BCUT2D eigenvalue weighted by Crippen LogP contribution is -2.30. The van der Waals surface area contributed by atoms with E-state index in [2.05, 4.69) is 44.5 Å². The molecule has 114 valence electrons. The van der Waals surface area contributed by atoms with Gasteiger partial charge in [0, 0.05) is 19.1 Å². The summed E-state index contributed by atoms with van der Waals surface area (Å²) in [4.78, 5) is 0. The lowest BCUT2D eigenvalue weighted by molar-refractivity contribution is 0.182. The van der Waals surface area contributed by atoms with Gasteiger partial charge < -0.3 is 9.30 Å². The largest absolute Gasteiger partial charge is 0.383 e. The molecule has 0 radical (unpaired) electrons. The predicted octanol–water partition coefficient (Wildman–Crippen LogP) is 3.68. The smallest absolute Gasteiger partial charge is 0.143 e. The maximum Gasteiger partial charge on any atom is 0.143 e. The van der Waals surface area contributed by atoms with Crippen molar-refractivity contribution in [2.45, 2.75) is 63.2 Å². The number of ether oxygens (including phenoxy) is 1. The number of aromatic nitrogens is 3. The Labute approximate surface area is 130 Å². The van der Waals surface area contributed by atoms with E-state index in [1.54, 1.807) is 7.11 Å². The van der Waals surface area contributed by atoms with E-state index >= 15 is 0 Å². The molecule has 0 spiro atoms. The van der Waals surface area contributed by atoms with Gasteiger partial charge in [-0.3, -0.25) is 0 Å². The van der Waals surface area contributed by atoms with Crippen LogP contribution in [-0.2, 0) is 22.0 Å². The van der Waals surface area contributed by atoms with E-state index in [-0.39, 0.29) is 5.41 Å². The van der Waals surface area contributed by atoms with Crippen LogP contribution in [0.15, 0.2) is 0 Å². The zero-order chi connectivity index (χ0) is 14.6. The summed E-state index contributed by atoms with van der Waals surface area (Å²) in [5.74, 6) is 2.90. The molecule has 1 heterocycles. The topological polar surface area (TPSA) is 39.9 Å². The Morgan fingerprint density at radius 1 is 1.30 bits per heavy atom. The molecule has 5 heteroatoms. The first-order valence-electron chi connectivity index (χ1n) is 7.60. The van der Waals surface area contributed by atoms with Crippen molar-refractivity contribution < 1.29 is 4.74 Å². The Kier molecular flexibility index (Phi) is 5.61. The van der Waals surface area contributed by atoms with Crippen molar-refractivity contribution in [2.75, 3.05) is 13.7 Å². The van der Waals surface area contributed by atoms with E-state index < -0.39 is 0 Å². The van der Waals surface area contributed by atoms with Crippen LogP contribution in [0.1, 0.15) is 57.6 Å². The van der Waals surface area contributed by atoms with Gasteiger partial charge >= 0.3 is 0 Å². The molecule has 1 saturated carbocycles. The van der Waals surface area contributed by atoms with Crippen LogP contribution in [0.4, 0.5) is 0 Å². The molecule has 20 heavy (non-hydrogen) atoms. The fourth-order valence-corrected chi connectivity index (χ4v) is 4.01. The van der Waals surface area contributed by atoms with Crippen molar-refractivity contribution in [3.8, 4) is 0 Å². The van der Waals surface area contributed by atoms with E-state index in [4.69, 9.17) is 4.74 Å². The minimum absolute atomic E-state index is 0.231. The molecule has 0 aliphatic heterocycles. The first-order valence-corrected chi connectivity index (χ1v) is 8.72. The molecular weight excluding hydrogens is 318 g/mol. The van der Waals surface area contributed by atoms with Crippen LogP contribution < -0.4 is 0 Å². The second-order valence-corrected chi connectivity index (χ2v) is 6.86. The van der Waals surface area contributed by atoms with Crippen molar-refractivity contribution in [1.29, 1.82) is 0 Å². The van der Waals surface area contributed by atoms with E-state index in [1.807, 2.05) is 0 Å². The summed E-state index contributed by atoms with van der Waals surface area (Å²) in [5, 5.41) is 9.72. The monoisotopic (exact) mass is 343 g/mol. The average molecular weight is 344 g/mol. The number of hydrogen-bond donors (Lipinski definition) is 0. The molecule has 1 aromatic rings. The van der Waals surface area contributed by atoms with Crippen molar-refractivity contribution in [2.24, 2.45) is 5.92 Å². The van der Waals surface area contributed by atoms with Crippen LogP contribution >= 0.6 is 15.9 Å². The third kappa shape index (κ3) is 3.25. The van der Waals surface area contributed by atoms with Gasteiger partial charge in [0.2, 0.25) is 0 Å². The summed E-state index contributed by atoms with van der Waals surface area (Å²) < 4.78 is 7.54. The lowest BCUT2D eigenvalue weighted by Gasteiger charge is -2.30.